The molecule has 2 heterocycles. The van der Waals surface area contributed by atoms with Crippen molar-refractivity contribution in [3.63, 3.8) is 0 Å². The van der Waals surface area contributed by atoms with Crippen LogP contribution in [-0.4, -0.2) is 54.5 Å². The molecular weight excluding hydrogens is 184 g/mol. The Morgan fingerprint density at radius 2 is 1.93 bits per heavy atom. The molecule has 2 N–H and O–H groups in total. The topological polar surface area (TPSA) is 61.8 Å². The Balaban J connectivity index is 1.69. The lowest BCUT2D eigenvalue weighted by Gasteiger charge is -2.35. The van der Waals surface area contributed by atoms with Gasteiger partial charge in [-0.1, -0.05) is 0 Å². The van der Waals surface area contributed by atoms with Gasteiger partial charge in [-0.3, -0.25) is 0 Å². The Labute approximate surface area is 83.0 Å². The quantitative estimate of drug-likeness (QED) is 0.664. The standard InChI is InChI=1S/C9H16N2O3/c12-9(13)11-3-1-7(2-4-11)14-8-5-10-6-8/h7-8,10H,1-6H2,(H,12,13). The number of rotatable bonds is 2. The lowest BCUT2D eigenvalue weighted by atomic mass is 10.1. The van der Waals surface area contributed by atoms with Crippen molar-refractivity contribution in [2.45, 2.75) is 25.0 Å². The summed E-state index contributed by atoms with van der Waals surface area (Å²) in [7, 11) is 0. The minimum absolute atomic E-state index is 0.262. The van der Waals surface area contributed by atoms with E-state index in [1.807, 2.05) is 0 Å². The number of carbonyl (C=O) groups is 1. The zero-order valence-electron chi connectivity index (χ0n) is 8.11. The molecule has 1 amide bonds. The van der Waals surface area contributed by atoms with Crippen molar-refractivity contribution in [1.29, 1.82) is 0 Å². The van der Waals surface area contributed by atoms with Crippen LogP contribution in [0.25, 0.3) is 0 Å². The van der Waals surface area contributed by atoms with Crippen LogP contribution in [0, 0.1) is 0 Å². The number of nitrogens with one attached hydrogen (secondary N) is 1. The van der Waals surface area contributed by atoms with Crippen LogP contribution < -0.4 is 5.32 Å². The van der Waals surface area contributed by atoms with E-state index < -0.39 is 6.09 Å². The van der Waals surface area contributed by atoms with E-state index in [1.54, 1.807) is 0 Å². The number of nitrogens with zero attached hydrogens (tertiary/aromatic N) is 1. The second kappa shape index (κ2) is 4.14. The van der Waals surface area contributed by atoms with Crippen LogP contribution in [0.3, 0.4) is 0 Å². The molecule has 2 rings (SSSR count). The molecule has 2 fully saturated rings. The molecule has 2 saturated heterocycles. The van der Waals surface area contributed by atoms with Gasteiger partial charge in [0, 0.05) is 26.2 Å². The van der Waals surface area contributed by atoms with Gasteiger partial charge in [0.05, 0.1) is 12.2 Å². The molecule has 0 saturated carbocycles. The summed E-state index contributed by atoms with van der Waals surface area (Å²) in [5, 5.41) is 11.9. The summed E-state index contributed by atoms with van der Waals surface area (Å²) in [4.78, 5) is 12.1. The molecular formula is C9H16N2O3. The maximum absolute atomic E-state index is 10.6. The summed E-state index contributed by atoms with van der Waals surface area (Å²) in [6.45, 7) is 3.11. The van der Waals surface area contributed by atoms with Crippen LogP contribution in [0.5, 0.6) is 0 Å². The largest absolute Gasteiger partial charge is 0.465 e. The number of carboxylic acid groups (broad SMARTS) is 1. The van der Waals surface area contributed by atoms with Crippen LogP contribution in [0.2, 0.25) is 0 Å². The summed E-state index contributed by atoms with van der Waals surface area (Å²) < 4.78 is 5.77. The normalized spacial score (nSPS) is 24.7. The van der Waals surface area contributed by atoms with Gasteiger partial charge in [0.15, 0.2) is 0 Å². The van der Waals surface area contributed by atoms with Crippen LogP contribution in [-0.2, 0) is 4.74 Å². The molecule has 0 radical (unpaired) electrons. The Kier molecular flexibility index (Phi) is 2.88. The first-order valence-electron chi connectivity index (χ1n) is 5.10. The Morgan fingerprint density at radius 3 is 2.36 bits per heavy atom. The van der Waals surface area contributed by atoms with Gasteiger partial charge in [0.1, 0.15) is 0 Å². The van der Waals surface area contributed by atoms with Crippen molar-refractivity contribution in [3.8, 4) is 0 Å². The molecule has 0 aromatic rings. The third-order valence-electron chi connectivity index (χ3n) is 2.84. The minimum Gasteiger partial charge on any atom is -0.465 e. The lowest BCUT2D eigenvalue weighted by Crippen LogP contribution is -2.51. The van der Waals surface area contributed by atoms with Crippen LogP contribution in [0.1, 0.15) is 12.8 Å². The van der Waals surface area contributed by atoms with E-state index in [0.717, 1.165) is 25.9 Å². The van der Waals surface area contributed by atoms with E-state index in [1.165, 1.54) is 4.90 Å². The van der Waals surface area contributed by atoms with Gasteiger partial charge in [-0.05, 0) is 12.8 Å². The Morgan fingerprint density at radius 1 is 1.29 bits per heavy atom. The number of hydrogen-bond acceptors (Lipinski definition) is 3. The summed E-state index contributed by atoms with van der Waals surface area (Å²) in [6.07, 6.45) is 1.48. The van der Waals surface area contributed by atoms with Gasteiger partial charge < -0.3 is 20.1 Å². The first-order valence-corrected chi connectivity index (χ1v) is 5.10. The van der Waals surface area contributed by atoms with Crippen molar-refractivity contribution < 1.29 is 14.6 Å². The van der Waals surface area contributed by atoms with E-state index >= 15 is 0 Å². The first kappa shape index (κ1) is 9.73. The molecule has 0 aromatic carbocycles. The van der Waals surface area contributed by atoms with Crippen molar-refractivity contribution >= 4 is 6.09 Å². The molecule has 2 aliphatic rings. The average Bonchev–Trinajstić information content (AvgIpc) is 2.12. The number of ether oxygens (including phenoxy) is 1. The molecule has 2 aliphatic heterocycles. The van der Waals surface area contributed by atoms with E-state index in [-0.39, 0.29) is 6.10 Å². The average molecular weight is 200 g/mol. The maximum Gasteiger partial charge on any atom is 0.407 e. The molecule has 14 heavy (non-hydrogen) atoms. The minimum atomic E-state index is -0.811. The summed E-state index contributed by atoms with van der Waals surface area (Å²) in [5.41, 5.74) is 0. The van der Waals surface area contributed by atoms with Gasteiger partial charge in [-0.25, -0.2) is 4.79 Å². The zero-order valence-corrected chi connectivity index (χ0v) is 8.11. The fraction of sp³-hybridized carbons (Fsp3) is 0.889. The molecule has 80 valence electrons. The smallest absolute Gasteiger partial charge is 0.407 e. The third-order valence-corrected chi connectivity index (χ3v) is 2.84. The van der Waals surface area contributed by atoms with Gasteiger partial charge in [0.25, 0.3) is 0 Å². The predicted octanol–water partition coefficient (Wildman–Crippen LogP) is 0.117. The maximum atomic E-state index is 10.6. The highest BCUT2D eigenvalue weighted by atomic mass is 16.5. The summed E-state index contributed by atoms with van der Waals surface area (Å²) in [5.74, 6) is 0. The highest BCUT2D eigenvalue weighted by molar-refractivity contribution is 5.64. The van der Waals surface area contributed by atoms with E-state index in [9.17, 15) is 4.79 Å². The van der Waals surface area contributed by atoms with Gasteiger partial charge in [-0.2, -0.15) is 0 Å². The van der Waals surface area contributed by atoms with Gasteiger partial charge >= 0.3 is 6.09 Å². The molecule has 0 atom stereocenters. The third kappa shape index (κ3) is 2.16. The second-order valence-electron chi connectivity index (χ2n) is 3.89. The number of amides is 1. The van der Waals surface area contributed by atoms with Crippen molar-refractivity contribution in [2.75, 3.05) is 26.2 Å². The molecule has 5 nitrogen and oxygen atoms in total. The fourth-order valence-electron chi connectivity index (χ4n) is 1.81. The lowest BCUT2D eigenvalue weighted by molar-refractivity contribution is -0.0594. The first-order chi connectivity index (χ1) is 6.75. The fourth-order valence-corrected chi connectivity index (χ4v) is 1.81. The number of hydrogen-bond donors (Lipinski definition) is 2. The molecule has 0 unspecified atom stereocenters. The highest BCUT2D eigenvalue weighted by Gasteiger charge is 2.27. The van der Waals surface area contributed by atoms with Gasteiger partial charge in [-0.15, -0.1) is 0 Å². The number of likely N-dealkylation sites (tertiary alicyclic amines) is 1. The molecule has 5 heteroatoms. The summed E-state index contributed by atoms with van der Waals surface area (Å²) in [6, 6.07) is 0. The highest BCUT2D eigenvalue weighted by Crippen LogP contribution is 2.16. The van der Waals surface area contributed by atoms with Crippen LogP contribution in [0.4, 0.5) is 4.79 Å². The SMILES string of the molecule is O=C(O)N1CCC(OC2CNC2)CC1. The van der Waals surface area contributed by atoms with Crippen molar-refractivity contribution in [3.05, 3.63) is 0 Å². The van der Waals surface area contributed by atoms with Crippen molar-refractivity contribution in [2.24, 2.45) is 0 Å². The van der Waals surface area contributed by atoms with Gasteiger partial charge in [0.2, 0.25) is 0 Å². The Hall–Kier alpha value is -0.810. The monoisotopic (exact) mass is 200 g/mol. The molecule has 0 aromatic heterocycles. The van der Waals surface area contributed by atoms with E-state index in [0.29, 0.717) is 19.2 Å². The molecule has 0 bridgehead atoms. The molecule has 0 aliphatic carbocycles. The Bertz CT molecular complexity index is 210. The van der Waals surface area contributed by atoms with Crippen molar-refractivity contribution in [1.82, 2.24) is 10.2 Å². The molecule has 0 spiro atoms. The predicted molar refractivity (Wildman–Crippen MR) is 50.4 cm³/mol. The van der Waals surface area contributed by atoms with E-state index in [4.69, 9.17) is 9.84 Å². The summed E-state index contributed by atoms with van der Waals surface area (Å²) >= 11 is 0. The number of piperidine rings is 1. The van der Waals surface area contributed by atoms with Crippen LogP contribution in [0.15, 0.2) is 0 Å². The van der Waals surface area contributed by atoms with E-state index in [2.05, 4.69) is 5.32 Å². The second-order valence-corrected chi connectivity index (χ2v) is 3.89. The zero-order chi connectivity index (χ0) is 9.97. The van der Waals surface area contributed by atoms with Crippen LogP contribution >= 0.6 is 0 Å².